The minimum absolute atomic E-state index is 0.0107. The fourth-order valence-corrected chi connectivity index (χ4v) is 1.71. The van der Waals surface area contributed by atoms with Crippen molar-refractivity contribution in [2.75, 3.05) is 0 Å². The Morgan fingerprint density at radius 2 is 1.94 bits per heavy atom. The van der Waals surface area contributed by atoms with Gasteiger partial charge in [0.05, 0.1) is 5.56 Å². The largest absolute Gasteiger partial charge is 0.416 e. The lowest BCUT2D eigenvalue weighted by Gasteiger charge is -2.16. The number of nitrogens with two attached hydrogens (primary N) is 1. The minimum Gasteiger partial charge on any atom is -0.366 e. The predicted molar refractivity (Wildman–Crippen MR) is 58.5 cm³/mol. The van der Waals surface area contributed by atoms with Crippen LogP contribution >= 0.6 is 0 Å². The quantitative estimate of drug-likeness (QED) is 0.874. The van der Waals surface area contributed by atoms with E-state index in [1.165, 1.54) is 12.1 Å². The van der Waals surface area contributed by atoms with Gasteiger partial charge in [-0.15, -0.1) is 0 Å². The van der Waals surface area contributed by atoms with Gasteiger partial charge in [0.15, 0.2) is 0 Å². The Morgan fingerprint density at radius 3 is 2.35 bits per heavy atom. The molecule has 2 nitrogen and oxygen atoms in total. The van der Waals surface area contributed by atoms with Crippen LogP contribution in [0.15, 0.2) is 18.2 Å². The van der Waals surface area contributed by atoms with Gasteiger partial charge in [0.1, 0.15) is 0 Å². The molecule has 0 heterocycles. The molecule has 0 aliphatic carbocycles. The lowest BCUT2D eigenvalue weighted by Crippen LogP contribution is -2.19. The zero-order valence-electron chi connectivity index (χ0n) is 9.64. The Bertz CT molecular complexity index is 424. The van der Waals surface area contributed by atoms with Gasteiger partial charge in [-0.2, -0.15) is 13.2 Å². The Kier molecular flexibility index (Phi) is 3.80. The first-order valence-electron chi connectivity index (χ1n) is 5.22. The molecular formula is C12H14F3NO. The SMILES string of the molecule is CC(C)Cc1c(C(N)=O)cccc1C(F)(F)F. The van der Waals surface area contributed by atoms with Crippen molar-refractivity contribution < 1.29 is 18.0 Å². The van der Waals surface area contributed by atoms with Gasteiger partial charge in [-0.05, 0) is 30.0 Å². The average molecular weight is 245 g/mol. The van der Waals surface area contributed by atoms with E-state index in [-0.39, 0.29) is 23.5 Å². The highest BCUT2D eigenvalue weighted by atomic mass is 19.4. The van der Waals surface area contributed by atoms with E-state index in [1.807, 2.05) is 0 Å². The summed E-state index contributed by atoms with van der Waals surface area (Å²) >= 11 is 0. The highest BCUT2D eigenvalue weighted by Gasteiger charge is 2.34. The van der Waals surface area contributed by atoms with Crippen LogP contribution in [0.1, 0.15) is 35.3 Å². The van der Waals surface area contributed by atoms with Gasteiger partial charge >= 0.3 is 6.18 Å². The van der Waals surface area contributed by atoms with Crippen molar-refractivity contribution >= 4 is 5.91 Å². The molecule has 0 saturated heterocycles. The number of primary amides is 1. The number of hydrogen-bond donors (Lipinski definition) is 1. The molecule has 0 aliphatic rings. The monoisotopic (exact) mass is 245 g/mol. The number of amides is 1. The summed E-state index contributed by atoms with van der Waals surface area (Å²) in [5.41, 5.74) is 4.26. The maximum absolute atomic E-state index is 12.8. The van der Waals surface area contributed by atoms with E-state index in [1.54, 1.807) is 13.8 Å². The van der Waals surface area contributed by atoms with Crippen molar-refractivity contribution in [1.82, 2.24) is 0 Å². The van der Waals surface area contributed by atoms with Crippen LogP contribution in [-0.2, 0) is 12.6 Å². The first kappa shape index (κ1) is 13.5. The van der Waals surface area contributed by atoms with Crippen LogP contribution < -0.4 is 5.73 Å². The fourth-order valence-electron chi connectivity index (χ4n) is 1.71. The van der Waals surface area contributed by atoms with Gasteiger partial charge in [0.25, 0.3) is 0 Å². The van der Waals surface area contributed by atoms with E-state index in [2.05, 4.69) is 0 Å². The number of halogens is 3. The molecule has 0 fully saturated rings. The van der Waals surface area contributed by atoms with E-state index in [0.29, 0.717) is 0 Å². The second-order valence-electron chi connectivity index (χ2n) is 4.29. The Balaban J connectivity index is 3.40. The van der Waals surface area contributed by atoms with Gasteiger partial charge < -0.3 is 5.73 Å². The van der Waals surface area contributed by atoms with Crippen molar-refractivity contribution in [2.45, 2.75) is 26.4 Å². The molecule has 0 radical (unpaired) electrons. The maximum Gasteiger partial charge on any atom is 0.416 e. The summed E-state index contributed by atoms with van der Waals surface area (Å²) in [6.45, 7) is 3.58. The van der Waals surface area contributed by atoms with Crippen molar-refractivity contribution in [3.05, 3.63) is 34.9 Å². The van der Waals surface area contributed by atoms with Crippen LogP contribution in [0, 0.1) is 5.92 Å². The van der Waals surface area contributed by atoms with Gasteiger partial charge in [-0.25, -0.2) is 0 Å². The second kappa shape index (κ2) is 4.77. The first-order valence-corrected chi connectivity index (χ1v) is 5.22. The summed E-state index contributed by atoms with van der Waals surface area (Å²) in [6.07, 6.45) is -4.29. The lowest BCUT2D eigenvalue weighted by molar-refractivity contribution is -0.138. The summed E-state index contributed by atoms with van der Waals surface area (Å²) in [6, 6.07) is 3.51. The van der Waals surface area contributed by atoms with Gasteiger partial charge in [-0.3, -0.25) is 4.79 Å². The summed E-state index contributed by atoms with van der Waals surface area (Å²) in [5.74, 6) is -0.816. The third kappa shape index (κ3) is 3.22. The van der Waals surface area contributed by atoms with Gasteiger partial charge in [-0.1, -0.05) is 19.9 Å². The van der Waals surface area contributed by atoms with Crippen molar-refractivity contribution in [3.63, 3.8) is 0 Å². The van der Waals surface area contributed by atoms with Crippen LogP contribution in [0.5, 0.6) is 0 Å². The number of rotatable bonds is 3. The van der Waals surface area contributed by atoms with Crippen molar-refractivity contribution in [3.8, 4) is 0 Å². The Hall–Kier alpha value is -1.52. The average Bonchev–Trinajstić information content (AvgIpc) is 2.14. The van der Waals surface area contributed by atoms with Crippen LogP contribution in [0.3, 0.4) is 0 Å². The molecular weight excluding hydrogens is 231 g/mol. The van der Waals surface area contributed by atoms with Crippen LogP contribution in [0.4, 0.5) is 13.2 Å². The second-order valence-corrected chi connectivity index (χ2v) is 4.29. The normalized spacial score (nSPS) is 11.9. The van der Waals surface area contributed by atoms with E-state index in [9.17, 15) is 18.0 Å². The topological polar surface area (TPSA) is 43.1 Å². The van der Waals surface area contributed by atoms with Gasteiger partial charge in [0.2, 0.25) is 5.91 Å². The number of benzene rings is 1. The molecule has 1 aromatic carbocycles. The van der Waals surface area contributed by atoms with Gasteiger partial charge in [0, 0.05) is 5.56 Å². The summed E-state index contributed by atoms with van der Waals surface area (Å²) in [7, 11) is 0. The highest BCUT2D eigenvalue weighted by molar-refractivity contribution is 5.94. The number of carbonyl (C=O) groups excluding carboxylic acids is 1. The van der Waals surface area contributed by atoms with E-state index < -0.39 is 17.6 Å². The standard InChI is InChI=1S/C12H14F3NO/c1-7(2)6-9-8(11(16)17)4-3-5-10(9)12(13,14)15/h3-5,7H,6H2,1-2H3,(H2,16,17). The zero-order valence-corrected chi connectivity index (χ0v) is 9.64. The molecule has 17 heavy (non-hydrogen) atoms. The predicted octanol–water partition coefficient (Wildman–Crippen LogP) is 3.00. The minimum atomic E-state index is -4.46. The summed E-state index contributed by atoms with van der Waals surface area (Å²) < 4.78 is 38.4. The zero-order chi connectivity index (χ0) is 13.2. The molecule has 2 N–H and O–H groups in total. The number of carbonyl (C=O) groups is 1. The summed E-state index contributed by atoms with van der Waals surface area (Å²) in [4.78, 5) is 11.1. The Labute approximate surface area is 97.6 Å². The van der Waals surface area contributed by atoms with Crippen LogP contribution in [-0.4, -0.2) is 5.91 Å². The third-order valence-corrected chi connectivity index (χ3v) is 2.36. The smallest absolute Gasteiger partial charge is 0.366 e. The molecule has 0 aromatic heterocycles. The molecule has 1 rings (SSSR count). The Morgan fingerprint density at radius 1 is 1.35 bits per heavy atom. The molecule has 0 unspecified atom stereocenters. The molecule has 0 saturated carbocycles. The molecule has 5 heteroatoms. The first-order chi connectivity index (χ1) is 7.73. The molecule has 0 spiro atoms. The molecule has 1 amide bonds. The lowest BCUT2D eigenvalue weighted by atomic mass is 9.92. The third-order valence-electron chi connectivity index (χ3n) is 2.36. The van der Waals surface area contributed by atoms with E-state index >= 15 is 0 Å². The van der Waals surface area contributed by atoms with Crippen molar-refractivity contribution in [1.29, 1.82) is 0 Å². The molecule has 0 bridgehead atoms. The fraction of sp³-hybridized carbons (Fsp3) is 0.417. The molecule has 0 atom stereocenters. The van der Waals surface area contributed by atoms with Crippen LogP contribution in [0.25, 0.3) is 0 Å². The van der Waals surface area contributed by atoms with Crippen LogP contribution in [0.2, 0.25) is 0 Å². The molecule has 1 aromatic rings. The molecule has 0 aliphatic heterocycles. The summed E-state index contributed by atoms with van der Waals surface area (Å²) in [5, 5.41) is 0. The van der Waals surface area contributed by atoms with Crippen molar-refractivity contribution in [2.24, 2.45) is 11.7 Å². The number of alkyl halides is 3. The van der Waals surface area contributed by atoms with E-state index in [4.69, 9.17) is 5.73 Å². The number of hydrogen-bond acceptors (Lipinski definition) is 1. The van der Waals surface area contributed by atoms with E-state index in [0.717, 1.165) is 6.07 Å². The highest BCUT2D eigenvalue weighted by Crippen LogP contribution is 2.34. The molecule has 94 valence electrons. The maximum atomic E-state index is 12.8.